The summed E-state index contributed by atoms with van der Waals surface area (Å²) < 4.78 is 6.84. The minimum atomic E-state index is 0.0418. The highest BCUT2D eigenvalue weighted by molar-refractivity contribution is 9.09. The van der Waals surface area contributed by atoms with Crippen molar-refractivity contribution in [3.05, 3.63) is 0 Å². The van der Waals surface area contributed by atoms with Gasteiger partial charge in [-0.1, -0.05) is 195 Å². The van der Waals surface area contributed by atoms with E-state index >= 15 is 0 Å². The van der Waals surface area contributed by atoms with E-state index in [-0.39, 0.29) is 17.5 Å². The Balaban J connectivity index is 6.48. The highest BCUT2D eigenvalue weighted by Crippen LogP contribution is 2.46. The summed E-state index contributed by atoms with van der Waals surface area (Å²) in [6.07, 6.45) is 28.2. The van der Waals surface area contributed by atoms with Crippen LogP contribution in [0.2, 0.25) is 0 Å². The Morgan fingerprint density at radius 1 is 0.440 bits per heavy atom. The van der Waals surface area contributed by atoms with Gasteiger partial charge in [-0.15, -0.1) is 0 Å². The first-order valence-electron chi connectivity index (χ1n) is 22.3. The van der Waals surface area contributed by atoms with E-state index in [1.54, 1.807) is 0 Å². The number of esters is 1. The molecular formula is C47H93BrO2. The molecule has 50 heavy (non-hydrogen) atoms. The monoisotopic (exact) mass is 769 g/mol. The number of halogens is 1. The lowest BCUT2D eigenvalue weighted by Gasteiger charge is -2.43. The van der Waals surface area contributed by atoms with Crippen LogP contribution in [0.4, 0.5) is 0 Å². The molecule has 0 aliphatic heterocycles. The molecule has 0 rings (SSSR count). The summed E-state index contributed by atoms with van der Waals surface area (Å²) in [5.74, 6) is 6.05. The highest BCUT2D eigenvalue weighted by atomic mass is 79.9. The van der Waals surface area contributed by atoms with Gasteiger partial charge in [0.2, 0.25) is 0 Å². The summed E-state index contributed by atoms with van der Waals surface area (Å²) in [6.45, 7) is 28.8. The summed E-state index contributed by atoms with van der Waals surface area (Å²) in [5.41, 5.74) is 0.0770. The van der Waals surface area contributed by atoms with Gasteiger partial charge >= 0.3 is 5.97 Å². The van der Waals surface area contributed by atoms with Crippen LogP contribution in [-0.4, -0.2) is 17.4 Å². The highest BCUT2D eigenvalue weighted by Gasteiger charge is 2.41. The molecule has 0 N–H and O–H groups in total. The minimum Gasteiger partial charge on any atom is -0.462 e. The first kappa shape index (κ1) is 49.9. The molecule has 0 aliphatic carbocycles. The lowest BCUT2D eigenvalue weighted by Crippen LogP contribution is -2.40. The van der Waals surface area contributed by atoms with E-state index in [9.17, 15) is 4.79 Å². The van der Waals surface area contributed by atoms with Crippen molar-refractivity contribution >= 4 is 21.9 Å². The predicted octanol–water partition coefficient (Wildman–Crippen LogP) is 16.4. The second-order valence-electron chi connectivity index (χ2n) is 19.4. The number of alkyl halides is 1. The fourth-order valence-corrected chi connectivity index (χ4v) is 8.44. The maximum absolute atomic E-state index is 13.7. The van der Waals surface area contributed by atoms with Crippen molar-refractivity contribution in [1.82, 2.24) is 0 Å². The van der Waals surface area contributed by atoms with E-state index in [2.05, 4.69) is 99.0 Å². The normalized spacial score (nSPS) is 16.6. The maximum Gasteiger partial charge on any atom is 0.306 e. The minimum absolute atomic E-state index is 0.0418. The van der Waals surface area contributed by atoms with E-state index in [4.69, 9.17) is 4.74 Å². The molecule has 0 spiro atoms. The van der Waals surface area contributed by atoms with Crippen molar-refractivity contribution in [1.29, 1.82) is 0 Å². The van der Waals surface area contributed by atoms with Gasteiger partial charge in [-0.05, 0) is 92.3 Å². The number of carbonyl (C=O) groups excluding carboxylic acids is 1. The molecule has 2 nitrogen and oxygen atoms in total. The molecule has 5 unspecified atom stereocenters. The largest absolute Gasteiger partial charge is 0.462 e. The lowest BCUT2D eigenvalue weighted by atomic mass is 9.66. The van der Waals surface area contributed by atoms with Gasteiger partial charge in [0, 0.05) is 17.2 Å². The van der Waals surface area contributed by atoms with Gasteiger partial charge in [0.1, 0.15) is 6.10 Å². The number of ether oxygens (including phenoxy) is 1. The quantitative estimate of drug-likeness (QED) is 0.0370. The van der Waals surface area contributed by atoms with Crippen molar-refractivity contribution < 1.29 is 9.53 Å². The molecular weight excluding hydrogens is 676 g/mol. The molecule has 0 aromatic rings. The molecule has 0 aromatic carbocycles. The first-order chi connectivity index (χ1) is 23.6. The van der Waals surface area contributed by atoms with Crippen molar-refractivity contribution in [2.75, 3.05) is 5.33 Å². The molecule has 0 amide bonds. The SMILES string of the molecule is CC(C)CCCC(C)CCC(OC(=O)CCCCBr)C(CCC(C)CCCC(C)C)(CCC(C)CCCC(C)C)CCC(C)CCCC(C)C. The fourth-order valence-electron chi connectivity index (χ4n) is 8.04. The number of rotatable bonds is 34. The van der Waals surface area contributed by atoms with Crippen LogP contribution in [-0.2, 0) is 9.53 Å². The number of hydrogen-bond donors (Lipinski definition) is 0. The van der Waals surface area contributed by atoms with Gasteiger partial charge in [0.05, 0.1) is 0 Å². The van der Waals surface area contributed by atoms with Crippen LogP contribution in [0.15, 0.2) is 0 Å². The van der Waals surface area contributed by atoms with Gasteiger partial charge in [-0.3, -0.25) is 4.79 Å². The summed E-state index contributed by atoms with van der Waals surface area (Å²) in [6, 6.07) is 0. The zero-order chi connectivity index (χ0) is 38.0. The predicted molar refractivity (Wildman–Crippen MR) is 228 cm³/mol. The smallest absolute Gasteiger partial charge is 0.306 e. The third-order valence-electron chi connectivity index (χ3n) is 12.0. The number of unbranched alkanes of at least 4 members (excludes halogenated alkanes) is 1. The van der Waals surface area contributed by atoms with Crippen LogP contribution in [0.3, 0.4) is 0 Å². The molecule has 0 aromatic heterocycles. The van der Waals surface area contributed by atoms with Gasteiger partial charge in [-0.25, -0.2) is 0 Å². The van der Waals surface area contributed by atoms with E-state index in [0.29, 0.717) is 12.3 Å². The first-order valence-corrected chi connectivity index (χ1v) is 23.5. The Kier molecular flexibility index (Phi) is 30.3. The Morgan fingerprint density at radius 3 is 1.10 bits per heavy atom. The van der Waals surface area contributed by atoms with Gasteiger partial charge in [0.15, 0.2) is 0 Å². The van der Waals surface area contributed by atoms with Crippen LogP contribution < -0.4 is 0 Å². The van der Waals surface area contributed by atoms with E-state index in [0.717, 1.165) is 66.0 Å². The fraction of sp³-hybridized carbons (Fsp3) is 0.979. The maximum atomic E-state index is 13.7. The van der Waals surface area contributed by atoms with Crippen LogP contribution in [0, 0.1) is 52.8 Å². The van der Waals surface area contributed by atoms with Crippen molar-refractivity contribution in [3.63, 3.8) is 0 Å². The second kappa shape index (κ2) is 30.3. The van der Waals surface area contributed by atoms with E-state index < -0.39 is 0 Å². The lowest BCUT2D eigenvalue weighted by molar-refractivity contribution is -0.160. The standard InChI is InChI=1S/C47H93BrO2/c1-37(2)19-15-23-41(9)28-29-45(50-46(49)27-13-14-36-48)47(33-30-42(10)24-16-20-38(3)4,34-31-43(11)25-17-21-39(5)6)35-32-44(12)26-18-22-40(7)8/h37-45H,13-36H2,1-12H3. The molecule has 3 heteroatoms. The zero-order valence-electron chi connectivity index (χ0n) is 36.4. The Hall–Kier alpha value is -0.0500. The second-order valence-corrected chi connectivity index (χ2v) is 20.2. The van der Waals surface area contributed by atoms with Gasteiger partial charge in [-0.2, -0.15) is 0 Å². The topological polar surface area (TPSA) is 26.3 Å². The van der Waals surface area contributed by atoms with Crippen LogP contribution in [0.25, 0.3) is 0 Å². The van der Waals surface area contributed by atoms with Crippen molar-refractivity contribution in [3.8, 4) is 0 Å². The molecule has 0 fully saturated rings. The van der Waals surface area contributed by atoms with Crippen molar-refractivity contribution in [2.24, 2.45) is 52.8 Å². The summed E-state index contributed by atoms with van der Waals surface area (Å²) in [5, 5.41) is 0.958. The van der Waals surface area contributed by atoms with Crippen molar-refractivity contribution in [2.45, 2.75) is 237 Å². The average molecular weight is 770 g/mol. The summed E-state index contributed by atoms with van der Waals surface area (Å²) in [4.78, 5) is 13.7. The molecule has 0 saturated heterocycles. The summed E-state index contributed by atoms with van der Waals surface area (Å²) in [7, 11) is 0. The zero-order valence-corrected chi connectivity index (χ0v) is 37.9. The van der Waals surface area contributed by atoms with Crippen LogP contribution in [0.1, 0.15) is 231 Å². The third kappa shape index (κ3) is 27.5. The molecule has 0 aliphatic rings. The summed E-state index contributed by atoms with van der Waals surface area (Å²) >= 11 is 3.58. The molecule has 0 bridgehead atoms. The molecule has 300 valence electrons. The molecule has 5 atom stereocenters. The molecule has 0 heterocycles. The molecule has 0 radical (unpaired) electrons. The van der Waals surface area contributed by atoms with Crippen LogP contribution >= 0.6 is 15.9 Å². The Bertz CT molecular complexity index is 713. The average Bonchev–Trinajstić information content (AvgIpc) is 3.02. The number of hydrogen-bond acceptors (Lipinski definition) is 2. The van der Waals surface area contributed by atoms with Crippen LogP contribution in [0.5, 0.6) is 0 Å². The molecule has 0 saturated carbocycles. The number of carbonyl (C=O) groups is 1. The Labute approximate surface area is 325 Å². The van der Waals surface area contributed by atoms with Gasteiger partial charge in [0.25, 0.3) is 0 Å². The third-order valence-corrected chi connectivity index (χ3v) is 12.5. The van der Waals surface area contributed by atoms with E-state index in [1.165, 1.54) is 122 Å². The van der Waals surface area contributed by atoms with E-state index in [1.807, 2.05) is 0 Å². The Morgan fingerprint density at radius 2 is 0.780 bits per heavy atom. The van der Waals surface area contributed by atoms with Gasteiger partial charge < -0.3 is 4.74 Å².